The first kappa shape index (κ1) is 13.1. The van der Waals surface area contributed by atoms with Crippen LogP contribution < -0.4 is 0 Å². The summed E-state index contributed by atoms with van der Waals surface area (Å²) < 4.78 is 11.1. The Labute approximate surface area is 124 Å². The number of rotatable bonds is 2. The van der Waals surface area contributed by atoms with Crippen molar-refractivity contribution in [1.29, 1.82) is 0 Å². The number of methoxy groups -OCH3 is 1. The number of carbonyl (C=O) groups excluding carboxylic acids is 1. The second kappa shape index (κ2) is 4.44. The minimum Gasteiger partial charge on any atom is -0.466 e. The number of hydrogen-bond acceptors (Lipinski definition) is 3. The van der Waals surface area contributed by atoms with E-state index in [4.69, 9.17) is 9.47 Å². The van der Waals surface area contributed by atoms with Crippen LogP contribution in [0.15, 0.2) is 42.0 Å². The third-order valence-corrected chi connectivity index (χ3v) is 5.36. The topological polar surface area (TPSA) is 38.8 Å². The van der Waals surface area contributed by atoms with Gasteiger partial charge in [0.1, 0.15) is 5.60 Å². The van der Waals surface area contributed by atoms with Gasteiger partial charge in [0.2, 0.25) is 0 Å². The van der Waals surface area contributed by atoms with Crippen molar-refractivity contribution in [2.24, 2.45) is 11.8 Å². The minimum atomic E-state index is -0.361. The molecule has 1 aliphatic heterocycles. The summed E-state index contributed by atoms with van der Waals surface area (Å²) in [6.45, 7) is 2.17. The van der Waals surface area contributed by atoms with Crippen LogP contribution in [-0.4, -0.2) is 24.8 Å². The van der Waals surface area contributed by atoms with E-state index in [0.717, 1.165) is 18.4 Å². The molecule has 0 amide bonds. The van der Waals surface area contributed by atoms with Gasteiger partial charge in [-0.3, -0.25) is 0 Å². The van der Waals surface area contributed by atoms with Crippen molar-refractivity contribution in [1.82, 2.24) is 0 Å². The van der Waals surface area contributed by atoms with E-state index >= 15 is 0 Å². The van der Waals surface area contributed by atoms with Crippen LogP contribution in [-0.2, 0) is 14.3 Å². The van der Waals surface area contributed by atoms with E-state index in [1.54, 1.807) is 0 Å². The molecule has 1 aromatic rings. The number of hydrogen-bond donors (Lipinski definition) is 0. The SMILES string of the molecule is COC(=O)C1=C[C@H](C)C[C@H]2C[C@H](c3ccccc3)[C@@H]3O[C@]123. The molecule has 1 saturated heterocycles. The van der Waals surface area contributed by atoms with Gasteiger partial charge in [0.05, 0.1) is 18.8 Å². The van der Waals surface area contributed by atoms with Crippen molar-refractivity contribution < 1.29 is 14.3 Å². The Morgan fingerprint density at radius 3 is 2.76 bits per heavy atom. The fourth-order valence-electron chi connectivity index (χ4n) is 4.48. The fourth-order valence-corrected chi connectivity index (χ4v) is 4.48. The first-order valence-corrected chi connectivity index (χ1v) is 7.70. The molecule has 0 unspecified atom stereocenters. The van der Waals surface area contributed by atoms with E-state index < -0.39 is 0 Å². The monoisotopic (exact) mass is 284 g/mol. The summed E-state index contributed by atoms with van der Waals surface area (Å²) in [6, 6.07) is 10.5. The highest BCUT2D eigenvalue weighted by Crippen LogP contribution is 2.66. The summed E-state index contributed by atoms with van der Waals surface area (Å²) in [5.74, 6) is 1.02. The Bertz CT molecular complexity index is 606. The Kier molecular flexibility index (Phi) is 2.77. The lowest BCUT2D eigenvalue weighted by molar-refractivity contribution is -0.137. The molecule has 3 heteroatoms. The smallest absolute Gasteiger partial charge is 0.336 e. The van der Waals surface area contributed by atoms with Gasteiger partial charge >= 0.3 is 5.97 Å². The number of allylic oxidation sites excluding steroid dienone is 1. The van der Waals surface area contributed by atoms with Gasteiger partial charge in [-0.25, -0.2) is 4.79 Å². The van der Waals surface area contributed by atoms with Gasteiger partial charge in [-0.05, 0) is 30.2 Å². The molecule has 4 rings (SSSR count). The zero-order chi connectivity index (χ0) is 14.6. The summed E-state index contributed by atoms with van der Waals surface area (Å²) in [7, 11) is 1.45. The lowest BCUT2D eigenvalue weighted by Crippen LogP contribution is -2.34. The van der Waals surface area contributed by atoms with Crippen molar-refractivity contribution in [2.75, 3.05) is 7.11 Å². The first-order valence-electron chi connectivity index (χ1n) is 7.70. The van der Waals surface area contributed by atoms with Crippen molar-refractivity contribution in [3.63, 3.8) is 0 Å². The number of esters is 1. The van der Waals surface area contributed by atoms with Crippen LogP contribution in [0.25, 0.3) is 0 Å². The Hall–Kier alpha value is -1.61. The van der Waals surface area contributed by atoms with Crippen LogP contribution in [0.5, 0.6) is 0 Å². The minimum absolute atomic E-state index is 0.141. The highest BCUT2D eigenvalue weighted by molar-refractivity contribution is 5.92. The van der Waals surface area contributed by atoms with Crippen LogP contribution in [0.1, 0.15) is 31.2 Å². The largest absolute Gasteiger partial charge is 0.466 e. The molecular weight excluding hydrogens is 264 g/mol. The average molecular weight is 284 g/mol. The molecule has 1 heterocycles. The molecular formula is C18H20O3. The molecule has 21 heavy (non-hydrogen) atoms. The number of ether oxygens (including phenoxy) is 2. The molecule has 3 aliphatic rings. The van der Waals surface area contributed by atoms with Gasteiger partial charge in [0.25, 0.3) is 0 Å². The van der Waals surface area contributed by atoms with Crippen molar-refractivity contribution in [3.8, 4) is 0 Å². The molecule has 0 aromatic heterocycles. The van der Waals surface area contributed by atoms with Gasteiger partial charge < -0.3 is 9.47 Å². The zero-order valence-electron chi connectivity index (χ0n) is 12.4. The Morgan fingerprint density at radius 2 is 2.05 bits per heavy atom. The maximum absolute atomic E-state index is 12.2. The van der Waals surface area contributed by atoms with Crippen LogP contribution in [0.3, 0.4) is 0 Å². The zero-order valence-corrected chi connectivity index (χ0v) is 12.4. The molecule has 2 aliphatic carbocycles. The second-order valence-corrected chi connectivity index (χ2v) is 6.57. The number of carbonyl (C=O) groups is 1. The molecule has 110 valence electrons. The molecule has 3 nitrogen and oxygen atoms in total. The van der Waals surface area contributed by atoms with E-state index in [1.165, 1.54) is 12.7 Å². The molecule has 1 spiro atoms. The normalized spacial score (nSPS) is 40.0. The first-order chi connectivity index (χ1) is 10.2. The maximum atomic E-state index is 12.2. The average Bonchev–Trinajstić information content (AvgIpc) is 3.16. The summed E-state index contributed by atoms with van der Waals surface area (Å²) in [4.78, 5) is 12.2. The third kappa shape index (κ3) is 1.73. The van der Waals surface area contributed by atoms with E-state index in [1.807, 2.05) is 6.07 Å². The predicted molar refractivity (Wildman–Crippen MR) is 78.8 cm³/mol. The third-order valence-electron chi connectivity index (χ3n) is 5.36. The second-order valence-electron chi connectivity index (χ2n) is 6.57. The lowest BCUT2D eigenvalue weighted by Gasteiger charge is -2.29. The summed E-state index contributed by atoms with van der Waals surface area (Å²) in [6.07, 6.45) is 4.41. The highest BCUT2D eigenvalue weighted by atomic mass is 16.6. The Morgan fingerprint density at radius 1 is 1.29 bits per heavy atom. The van der Waals surface area contributed by atoms with E-state index in [0.29, 0.717) is 17.8 Å². The lowest BCUT2D eigenvalue weighted by atomic mass is 9.75. The quantitative estimate of drug-likeness (QED) is 0.619. The molecule has 5 atom stereocenters. The van der Waals surface area contributed by atoms with Gasteiger partial charge in [0.15, 0.2) is 0 Å². The van der Waals surface area contributed by atoms with Crippen LogP contribution in [0.4, 0.5) is 0 Å². The molecule has 1 aromatic carbocycles. The van der Waals surface area contributed by atoms with Crippen molar-refractivity contribution in [3.05, 3.63) is 47.5 Å². The van der Waals surface area contributed by atoms with Gasteiger partial charge in [0, 0.05) is 5.92 Å². The number of benzene rings is 1. The molecule has 0 radical (unpaired) electrons. The number of epoxide rings is 1. The molecule has 2 fully saturated rings. The van der Waals surface area contributed by atoms with Crippen LogP contribution >= 0.6 is 0 Å². The molecule has 1 saturated carbocycles. The maximum Gasteiger partial charge on any atom is 0.336 e. The van der Waals surface area contributed by atoms with E-state index in [-0.39, 0.29) is 17.7 Å². The summed E-state index contributed by atoms with van der Waals surface area (Å²) >= 11 is 0. The van der Waals surface area contributed by atoms with Crippen LogP contribution in [0, 0.1) is 11.8 Å². The van der Waals surface area contributed by atoms with Gasteiger partial charge in [-0.1, -0.05) is 43.3 Å². The predicted octanol–water partition coefficient (Wildman–Crippen LogP) is 3.07. The Balaban J connectivity index is 1.70. The summed E-state index contributed by atoms with van der Waals surface area (Å²) in [5.41, 5.74) is 1.72. The standard InChI is InChI=1S/C18H20O3/c1-11-8-13-10-14(12-6-4-3-5-7-12)16-18(13,21-16)15(9-11)17(19)20-2/h3-7,9,11,13-14,16H,8,10H2,1-2H3/t11-,13+,14-,16+,18+/m1/s1. The van der Waals surface area contributed by atoms with Gasteiger partial charge in [-0.2, -0.15) is 0 Å². The van der Waals surface area contributed by atoms with Crippen molar-refractivity contribution >= 4 is 5.97 Å². The van der Waals surface area contributed by atoms with E-state index in [9.17, 15) is 4.79 Å². The van der Waals surface area contributed by atoms with E-state index in [2.05, 4.69) is 37.3 Å². The summed E-state index contributed by atoms with van der Waals surface area (Å²) in [5, 5.41) is 0. The highest BCUT2D eigenvalue weighted by Gasteiger charge is 2.73. The van der Waals surface area contributed by atoms with Crippen molar-refractivity contribution in [2.45, 2.75) is 37.4 Å². The fraction of sp³-hybridized carbons (Fsp3) is 0.500. The molecule has 0 N–H and O–H groups in total. The van der Waals surface area contributed by atoms with Gasteiger partial charge in [-0.15, -0.1) is 0 Å². The van der Waals surface area contributed by atoms with Crippen LogP contribution in [0.2, 0.25) is 0 Å². The molecule has 0 bridgehead atoms.